The van der Waals surface area contributed by atoms with Gasteiger partial charge in [0.15, 0.2) is 11.5 Å². The van der Waals surface area contributed by atoms with Gasteiger partial charge in [0.05, 0.1) is 12.1 Å². The number of methoxy groups -OCH3 is 1. The van der Waals surface area contributed by atoms with Crippen molar-refractivity contribution >= 4 is 11.6 Å². The van der Waals surface area contributed by atoms with Gasteiger partial charge in [-0.05, 0) is 36.5 Å². The summed E-state index contributed by atoms with van der Waals surface area (Å²) in [6, 6.07) is 4.12. The summed E-state index contributed by atoms with van der Waals surface area (Å²) in [5.74, 6) is 1.14. The molecule has 0 spiro atoms. The van der Waals surface area contributed by atoms with Crippen LogP contribution in [0.25, 0.3) is 0 Å². The van der Waals surface area contributed by atoms with Crippen LogP contribution >= 0.6 is 11.6 Å². The second kappa shape index (κ2) is 8.04. The molecular formula is C17H27ClN2O2. The fourth-order valence-corrected chi connectivity index (χ4v) is 3.21. The standard InChI is InChI=1S/C17H27ClN2O2/c1-12(2)4-5-15(20-8-6-19-7-9-20)13-10-14(18)17(21)16(11-13)22-3/h10-12,15,19,21H,4-9H2,1-3H3/t15-/m0/s1. The van der Waals surface area contributed by atoms with Gasteiger partial charge in [-0.2, -0.15) is 0 Å². The number of rotatable bonds is 6. The molecule has 1 atom stereocenters. The average Bonchev–Trinajstić information content (AvgIpc) is 2.51. The topological polar surface area (TPSA) is 44.7 Å². The summed E-state index contributed by atoms with van der Waals surface area (Å²) in [5, 5.41) is 13.7. The van der Waals surface area contributed by atoms with Gasteiger partial charge in [-0.1, -0.05) is 25.4 Å². The quantitative estimate of drug-likeness (QED) is 0.840. The number of nitrogens with zero attached hydrogens (tertiary/aromatic N) is 1. The molecule has 1 aliphatic rings. The molecule has 124 valence electrons. The first kappa shape index (κ1) is 17.4. The van der Waals surface area contributed by atoms with E-state index in [4.69, 9.17) is 16.3 Å². The first-order valence-corrected chi connectivity index (χ1v) is 8.42. The molecule has 1 aromatic carbocycles. The molecule has 22 heavy (non-hydrogen) atoms. The van der Waals surface area contributed by atoms with Crippen molar-refractivity contribution in [1.29, 1.82) is 0 Å². The molecule has 5 heteroatoms. The fraction of sp³-hybridized carbons (Fsp3) is 0.647. The Morgan fingerprint density at radius 1 is 1.27 bits per heavy atom. The van der Waals surface area contributed by atoms with Crippen LogP contribution in [0.15, 0.2) is 12.1 Å². The van der Waals surface area contributed by atoms with Crippen LogP contribution in [0.1, 0.15) is 38.3 Å². The summed E-state index contributed by atoms with van der Waals surface area (Å²) in [6.07, 6.45) is 2.25. The highest BCUT2D eigenvalue weighted by atomic mass is 35.5. The predicted molar refractivity (Wildman–Crippen MR) is 90.9 cm³/mol. The van der Waals surface area contributed by atoms with Crippen LogP contribution in [0, 0.1) is 5.92 Å². The van der Waals surface area contributed by atoms with Crippen LogP contribution in [-0.4, -0.2) is 43.3 Å². The highest BCUT2D eigenvalue weighted by Crippen LogP contribution is 2.39. The first-order chi connectivity index (χ1) is 10.5. The largest absolute Gasteiger partial charge is 0.503 e. The number of benzene rings is 1. The third kappa shape index (κ3) is 4.28. The number of nitrogens with one attached hydrogen (secondary N) is 1. The summed E-state index contributed by atoms with van der Waals surface area (Å²) < 4.78 is 5.26. The number of piperazine rings is 1. The number of hydrogen-bond donors (Lipinski definition) is 2. The average molecular weight is 327 g/mol. The van der Waals surface area contributed by atoms with Gasteiger partial charge in [-0.3, -0.25) is 4.90 Å². The smallest absolute Gasteiger partial charge is 0.176 e. The van der Waals surface area contributed by atoms with E-state index in [2.05, 4.69) is 24.1 Å². The Hall–Kier alpha value is -0.970. The lowest BCUT2D eigenvalue weighted by Gasteiger charge is -2.36. The van der Waals surface area contributed by atoms with Crippen molar-refractivity contribution in [3.63, 3.8) is 0 Å². The van der Waals surface area contributed by atoms with Crippen LogP contribution in [0.3, 0.4) is 0 Å². The zero-order valence-electron chi connectivity index (χ0n) is 13.7. The lowest BCUT2D eigenvalue weighted by molar-refractivity contribution is 0.159. The van der Waals surface area contributed by atoms with E-state index in [1.807, 2.05) is 12.1 Å². The molecule has 0 unspecified atom stereocenters. The number of hydrogen-bond acceptors (Lipinski definition) is 4. The van der Waals surface area contributed by atoms with Gasteiger partial charge in [0.1, 0.15) is 0 Å². The van der Waals surface area contributed by atoms with Crippen molar-refractivity contribution in [3.05, 3.63) is 22.7 Å². The van der Waals surface area contributed by atoms with E-state index in [1.54, 1.807) is 7.11 Å². The van der Waals surface area contributed by atoms with Gasteiger partial charge in [-0.25, -0.2) is 0 Å². The van der Waals surface area contributed by atoms with Crippen molar-refractivity contribution < 1.29 is 9.84 Å². The zero-order chi connectivity index (χ0) is 16.1. The molecule has 2 N–H and O–H groups in total. The van der Waals surface area contributed by atoms with Crippen LogP contribution < -0.4 is 10.1 Å². The summed E-state index contributed by atoms with van der Waals surface area (Å²) in [6.45, 7) is 8.59. The monoisotopic (exact) mass is 326 g/mol. The lowest BCUT2D eigenvalue weighted by Crippen LogP contribution is -2.45. The molecule has 1 aromatic rings. The first-order valence-electron chi connectivity index (χ1n) is 8.04. The van der Waals surface area contributed by atoms with E-state index < -0.39 is 0 Å². The molecule has 0 radical (unpaired) electrons. The summed E-state index contributed by atoms with van der Waals surface area (Å²) in [7, 11) is 1.56. The maximum absolute atomic E-state index is 9.95. The normalized spacial score (nSPS) is 17.7. The third-order valence-corrected chi connectivity index (χ3v) is 4.55. The molecular weight excluding hydrogens is 300 g/mol. The van der Waals surface area contributed by atoms with E-state index in [1.165, 1.54) is 0 Å². The Balaban J connectivity index is 2.28. The minimum Gasteiger partial charge on any atom is -0.503 e. The molecule has 1 aliphatic heterocycles. The predicted octanol–water partition coefficient (Wildman–Crippen LogP) is 3.44. The Labute approximate surface area is 138 Å². The second-order valence-electron chi connectivity index (χ2n) is 6.33. The van der Waals surface area contributed by atoms with E-state index in [-0.39, 0.29) is 5.75 Å². The van der Waals surface area contributed by atoms with Crippen molar-refractivity contribution in [2.24, 2.45) is 5.92 Å². The maximum atomic E-state index is 9.95. The van der Waals surface area contributed by atoms with Gasteiger partial charge in [0.25, 0.3) is 0 Å². The van der Waals surface area contributed by atoms with Gasteiger partial charge < -0.3 is 15.2 Å². The third-order valence-electron chi connectivity index (χ3n) is 4.27. The molecule has 0 bridgehead atoms. The van der Waals surface area contributed by atoms with Crippen molar-refractivity contribution in [3.8, 4) is 11.5 Å². The molecule has 4 nitrogen and oxygen atoms in total. The lowest BCUT2D eigenvalue weighted by atomic mass is 9.95. The number of halogens is 1. The molecule has 0 aliphatic carbocycles. The Morgan fingerprint density at radius 2 is 1.95 bits per heavy atom. The SMILES string of the molecule is COc1cc([C@H](CCC(C)C)N2CCNCC2)cc(Cl)c1O. The number of phenolic OH excluding ortho intramolecular Hbond substituents is 1. The van der Waals surface area contributed by atoms with Crippen LogP contribution in [-0.2, 0) is 0 Å². The van der Waals surface area contributed by atoms with Gasteiger partial charge >= 0.3 is 0 Å². The Morgan fingerprint density at radius 3 is 2.55 bits per heavy atom. The maximum Gasteiger partial charge on any atom is 0.176 e. The molecule has 1 saturated heterocycles. The van der Waals surface area contributed by atoms with Crippen LogP contribution in [0.5, 0.6) is 11.5 Å². The van der Waals surface area contributed by atoms with Crippen molar-refractivity contribution in [2.45, 2.75) is 32.7 Å². The highest BCUT2D eigenvalue weighted by Gasteiger charge is 2.24. The molecule has 1 fully saturated rings. The molecule has 0 amide bonds. The van der Waals surface area contributed by atoms with Gasteiger partial charge in [-0.15, -0.1) is 0 Å². The van der Waals surface area contributed by atoms with Crippen molar-refractivity contribution in [1.82, 2.24) is 10.2 Å². The van der Waals surface area contributed by atoms with E-state index >= 15 is 0 Å². The molecule has 0 aromatic heterocycles. The number of aromatic hydroxyl groups is 1. The molecule has 1 heterocycles. The summed E-state index contributed by atoms with van der Waals surface area (Å²) in [5.41, 5.74) is 1.13. The fourth-order valence-electron chi connectivity index (χ4n) is 2.99. The van der Waals surface area contributed by atoms with Gasteiger partial charge in [0, 0.05) is 32.2 Å². The number of ether oxygens (including phenoxy) is 1. The van der Waals surface area contributed by atoms with Crippen molar-refractivity contribution in [2.75, 3.05) is 33.3 Å². The second-order valence-corrected chi connectivity index (χ2v) is 6.73. The van der Waals surface area contributed by atoms with Crippen LogP contribution in [0.2, 0.25) is 5.02 Å². The van der Waals surface area contributed by atoms with E-state index in [0.29, 0.717) is 22.7 Å². The summed E-state index contributed by atoms with van der Waals surface area (Å²) in [4.78, 5) is 2.50. The zero-order valence-corrected chi connectivity index (χ0v) is 14.5. The Bertz CT molecular complexity index is 488. The molecule has 2 rings (SSSR count). The van der Waals surface area contributed by atoms with E-state index in [9.17, 15) is 5.11 Å². The minimum absolute atomic E-state index is 0.0239. The summed E-state index contributed by atoms with van der Waals surface area (Å²) >= 11 is 6.18. The minimum atomic E-state index is 0.0239. The molecule has 0 saturated carbocycles. The number of phenols is 1. The van der Waals surface area contributed by atoms with Crippen LogP contribution in [0.4, 0.5) is 0 Å². The highest BCUT2D eigenvalue weighted by molar-refractivity contribution is 6.32. The van der Waals surface area contributed by atoms with Gasteiger partial charge in [0.2, 0.25) is 0 Å². The van der Waals surface area contributed by atoms with E-state index in [0.717, 1.165) is 44.6 Å². The Kier molecular flexibility index (Phi) is 6.36.